The standard InChI is InChI=1S/C24H26ClN3O3/c1-27(2)12-10-24(8-9-24)16-5-3-15(4-6-16)7-11-28-22(30)19-14-17(25)13-18(21(26)29)20(19)23(28)31/h3-6,13-14H,7-12H2,1-2H3,(H2,26,29). The molecule has 0 aromatic heterocycles. The van der Waals surface area contributed by atoms with E-state index in [-0.39, 0.29) is 28.3 Å². The van der Waals surface area contributed by atoms with Crippen molar-refractivity contribution in [2.45, 2.75) is 31.1 Å². The molecular formula is C24H26ClN3O3. The molecule has 0 radical (unpaired) electrons. The zero-order valence-corrected chi connectivity index (χ0v) is 18.5. The second-order valence-electron chi connectivity index (χ2n) is 8.78. The lowest BCUT2D eigenvalue weighted by atomic mass is 9.91. The van der Waals surface area contributed by atoms with Crippen LogP contribution in [-0.4, -0.2) is 54.7 Å². The van der Waals surface area contributed by atoms with Gasteiger partial charge in [-0.1, -0.05) is 35.9 Å². The zero-order chi connectivity index (χ0) is 22.3. The molecule has 7 heteroatoms. The van der Waals surface area contributed by atoms with Crippen molar-refractivity contribution in [3.8, 4) is 0 Å². The topological polar surface area (TPSA) is 83.7 Å². The van der Waals surface area contributed by atoms with Crippen LogP contribution in [0.15, 0.2) is 36.4 Å². The summed E-state index contributed by atoms with van der Waals surface area (Å²) in [5.74, 6) is -1.72. The molecule has 1 fully saturated rings. The van der Waals surface area contributed by atoms with Crippen molar-refractivity contribution in [2.75, 3.05) is 27.2 Å². The largest absolute Gasteiger partial charge is 0.366 e. The molecule has 0 bridgehead atoms. The number of carbonyl (C=O) groups excluding carboxylic acids is 3. The number of halogens is 1. The quantitative estimate of drug-likeness (QED) is 0.640. The van der Waals surface area contributed by atoms with E-state index in [4.69, 9.17) is 17.3 Å². The van der Waals surface area contributed by atoms with E-state index in [0.29, 0.717) is 11.8 Å². The van der Waals surface area contributed by atoms with Crippen molar-refractivity contribution in [2.24, 2.45) is 5.73 Å². The Kier molecular flexibility index (Phi) is 5.62. The summed E-state index contributed by atoms with van der Waals surface area (Å²) in [6.07, 6.45) is 4.13. The van der Waals surface area contributed by atoms with E-state index in [0.717, 1.165) is 18.5 Å². The Labute approximate surface area is 187 Å². The first-order valence-electron chi connectivity index (χ1n) is 10.5. The molecule has 0 atom stereocenters. The fraction of sp³-hybridized carbons (Fsp3) is 0.375. The summed E-state index contributed by atoms with van der Waals surface area (Å²) < 4.78 is 0. The molecule has 3 amide bonds. The van der Waals surface area contributed by atoms with Crippen LogP contribution < -0.4 is 5.73 Å². The first-order chi connectivity index (χ1) is 14.7. The third kappa shape index (κ3) is 4.10. The highest BCUT2D eigenvalue weighted by molar-refractivity contribution is 6.33. The number of rotatable bonds is 8. The number of nitrogens with two attached hydrogens (primary N) is 1. The Balaban J connectivity index is 1.45. The summed E-state index contributed by atoms with van der Waals surface area (Å²) >= 11 is 6.01. The van der Waals surface area contributed by atoms with Crippen LogP contribution >= 0.6 is 11.6 Å². The summed E-state index contributed by atoms with van der Waals surface area (Å²) in [6, 6.07) is 11.3. The molecule has 2 aromatic rings. The van der Waals surface area contributed by atoms with Gasteiger partial charge in [0.1, 0.15) is 0 Å². The molecule has 2 aromatic carbocycles. The van der Waals surface area contributed by atoms with E-state index >= 15 is 0 Å². The molecular weight excluding hydrogens is 414 g/mol. The summed E-state index contributed by atoms with van der Waals surface area (Å²) in [5, 5.41) is 0.203. The highest BCUT2D eigenvalue weighted by Gasteiger charge is 2.43. The van der Waals surface area contributed by atoms with Gasteiger partial charge < -0.3 is 10.6 Å². The fourth-order valence-corrected chi connectivity index (χ4v) is 4.53. The molecule has 2 aliphatic rings. The second-order valence-corrected chi connectivity index (χ2v) is 9.22. The van der Waals surface area contributed by atoms with E-state index in [9.17, 15) is 14.4 Å². The summed E-state index contributed by atoms with van der Waals surface area (Å²) in [7, 11) is 4.19. The normalized spacial score (nSPS) is 16.7. The molecule has 162 valence electrons. The monoisotopic (exact) mass is 439 g/mol. The van der Waals surface area contributed by atoms with Gasteiger partial charge in [-0.25, -0.2) is 0 Å². The second kappa shape index (κ2) is 8.09. The molecule has 1 heterocycles. The predicted molar refractivity (Wildman–Crippen MR) is 120 cm³/mol. The van der Waals surface area contributed by atoms with Crippen LogP contribution in [0.1, 0.15) is 61.5 Å². The Bertz CT molecular complexity index is 1060. The maximum atomic E-state index is 12.8. The third-order valence-corrected chi connectivity index (χ3v) is 6.60. The van der Waals surface area contributed by atoms with Crippen molar-refractivity contribution >= 4 is 29.3 Å². The van der Waals surface area contributed by atoms with Crippen LogP contribution in [-0.2, 0) is 11.8 Å². The maximum absolute atomic E-state index is 12.8. The molecule has 6 nitrogen and oxygen atoms in total. The van der Waals surface area contributed by atoms with E-state index in [1.165, 1.54) is 35.4 Å². The van der Waals surface area contributed by atoms with Gasteiger partial charge in [-0.15, -0.1) is 0 Å². The molecule has 0 spiro atoms. The average Bonchev–Trinajstić information content (AvgIpc) is 3.48. The fourth-order valence-electron chi connectivity index (χ4n) is 4.31. The van der Waals surface area contributed by atoms with Gasteiger partial charge in [-0.05, 0) is 75.0 Å². The van der Waals surface area contributed by atoms with Gasteiger partial charge in [0, 0.05) is 11.6 Å². The van der Waals surface area contributed by atoms with Gasteiger partial charge in [0.05, 0.1) is 16.7 Å². The van der Waals surface area contributed by atoms with Crippen molar-refractivity contribution in [3.05, 3.63) is 69.2 Å². The molecule has 2 N–H and O–H groups in total. The van der Waals surface area contributed by atoms with Gasteiger partial charge in [0.2, 0.25) is 5.91 Å². The van der Waals surface area contributed by atoms with Crippen molar-refractivity contribution in [1.29, 1.82) is 0 Å². The number of hydrogen-bond donors (Lipinski definition) is 1. The average molecular weight is 440 g/mol. The molecule has 31 heavy (non-hydrogen) atoms. The number of nitrogens with zero attached hydrogens (tertiary/aromatic N) is 2. The first-order valence-corrected chi connectivity index (χ1v) is 10.8. The van der Waals surface area contributed by atoms with Gasteiger partial charge in [-0.2, -0.15) is 0 Å². The van der Waals surface area contributed by atoms with Gasteiger partial charge in [-0.3, -0.25) is 19.3 Å². The van der Waals surface area contributed by atoms with Crippen molar-refractivity contribution in [1.82, 2.24) is 9.80 Å². The smallest absolute Gasteiger partial charge is 0.262 e. The van der Waals surface area contributed by atoms with Crippen LogP contribution in [0.25, 0.3) is 0 Å². The molecule has 1 aliphatic carbocycles. The number of imide groups is 1. The van der Waals surface area contributed by atoms with E-state index < -0.39 is 17.7 Å². The number of benzene rings is 2. The number of fused-ring (bicyclic) bond motifs is 1. The van der Waals surface area contributed by atoms with Crippen molar-refractivity contribution < 1.29 is 14.4 Å². The number of amides is 3. The van der Waals surface area contributed by atoms with E-state index in [1.54, 1.807) is 0 Å². The molecule has 1 aliphatic heterocycles. The lowest BCUT2D eigenvalue weighted by Crippen LogP contribution is -2.32. The Hall–Kier alpha value is -2.70. The number of hydrogen-bond acceptors (Lipinski definition) is 4. The van der Waals surface area contributed by atoms with E-state index in [2.05, 4.69) is 43.3 Å². The molecule has 0 saturated heterocycles. The SMILES string of the molecule is CN(C)CCC1(c2ccc(CCN3C(=O)c4cc(Cl)cc(C(N)=O)c4C3=O)cc2)CC1. The lowest BCUT2D eigenvalue weighted by molar-refractivity contribution is 0.0654. The van der Waals surface area contributed by atoms with Crippen LogP contribution in [0.2, 0.25) is 5.02 Å². The first kappa shape index (κ1) is 21.5. The predicted octanol–water partition coefficient (Wildman–Crippen LogP) is 3.26. The third-order valence-electron chi connectivity index (χ3n) is 6.38. The van der Waals surface area contributed by atoms with Gasteiger partial charge in [0.25, 0.3) is 11.8 Å². The zero-order valence-electron chi connectivity index (χ0n) is 17.8. The molecule has 1 saturated carbocycles. The van der Waals surface area contributed by atoms with Crippen LogP contribution in [0.4, 0.5) is 0 Å². The summed E-state index contributed by atoms with van der Waals surface area (Å²) in [6.45, 7) is 1.30. The van der Waals surface area contributed by atoms with Crippen LogP contribution in [0.5, 0.6) is 0 Å². The Morgan fingerprint density at radius 1 is 1.13 bits per heavy atom. The minimum Gasteiger partial charge on any atom is -0.366 e. The Morgan fingerprint density at radius 3 is 2.39 bits per heavy atom. The van der Waals surface area contributed by atoms with Crippen LogP contribution in [0.3, 0.4) is 0 Å². The van der Waals surface area contributed by atoms with Crippen molar-refractivity contribution in [3.63, 3.8) is 0 Å². The minimum atomic E-state index is -0.777. The van der Waals surface area contributed by atoms with E-state index in [1.807, 2.05) is 0 Å². The van der Waals surface area contributed by atoms with Gasteiger partial charge in [0.15, 0.2) is 0 Å². The molecule has 0 unspecified atom stereocenters. The number of carbonyl (C=O) groups is 3. The molecule has 4 rings (SSSR count). The lowest BCUT2D eigenvalue weighted by Gasteiger charge is -2.19. The number of primary amides is 1. The summed E-state index contributed by atoms with van der Waals surface area (Å²) in [5.41, 5.74) is 8.27. The highest BCUT2D eigenvalue weighted by atomic mass is 35.5. The van der Waals surface area contributed by atoms with Gasteiger partial charge >= 0.3 is 0 Å². The maximum Gasteiger partial charge on any atom is 0.262 e. The Morgan fingerprint density at radius 2 is 1.81 bits per heavy atom. The minimum absolute atomic E-state index is 0.0137. The highest BCUT2D eigenvalue weighted by Crippen LogP contribution is 2.51. The summed E-state index contributed by atoms with van der Waals surface area (Å²) in [4.78, 5) is 40.7. The van der Waals surface area contributed by atoms with Crippen LogP contribution in [0, 0.1) is 0 Å².